The monoisotopic (exact) mass is 260 g/mol. The van der Waals surface area contributed by atoms with Gasteiger partial charge in [-0.15, -0.1) is 0 Å². The quantitative estimate of drug-likeness (QED) is 0.555. The van der Waals surface area contributed by atoms with Gasteiger partial charge < -0.3 is 1.43 Å². The molecule has 0 amide bonds. The maximum absolute atomic E-state index is 10.0. The van der Waals surface area contributed by atoms with E-state index in [2.05, 4.69) is 3.10 Å². The minimum Gasteiger partial charge on any atom is -1.00 e. The van der Waals surface area contributed by atoms with Gasteiger partial charge in [0.1, 0.15) is 0 Å². The molecule has 0 bridgehead atoms. The SMILES string of the molecule is CCC(C)O[Te](=O)(=O)O.[H-].[Li+]. The van der Waals surface area contributed by atoms with Gasteiger partial charge in [-0.2, -0.15) is 0 Å². The third-order valence-corrected chi connectivity index (χ3v) is 2.49. The summed E-state index contributed by atoms with van der Waals surface area (Å²) in [4.78, 5) is 0. The standard InChI is InChI=1S/C4H10O4Te.Li.H/c1-3-4(2)8-9(5,6)7;;/h4H,3H2,1-2H3,(H,5,6,7);;/q;+1;-1. The molecule has 58 valence electrons. The number of hydrogen-bond donors (Lipinski definition) is 1. The van der Waals surface area contributed by atoms with Crippen LogP contribution in [0.25, 0.3) is 0 Å². The van der Waals surface area contributed by atoms with Crippen molar-refractivity contribution in [2.45, 2.75) is 26.4 Å². The van der Waals surface area contributed by atoms with Gasteiger partial charge in [-0.3, -0.25) is 0 Å². The van der Waals surface area contributed by atoms with Crippen LogP contribution in [0.3, 0.4) is 0 Å². The second kappa shape index (κ2) is 5.54. The molecule has 0 aromatic rings. The van der Waals surface area contributed by atoms with Crippen LogP contribution in [0.4, 0.5) is 0 Å². The first-order valence-corrected chi connectivity index (χ1v) is 6.51. The van der Waals surface area contributed by atoms with Crippen LogP contribution in [0.1, 0.15) is 21.7 Å². The first-order valence-electron chi connectivity index (χ1n) is 2.61. The maximum Gasteiger partial charge on any atom is 1.00 e. The average Bonchev–Trinajstić information content (AvgIpc) is 1.62. The molecule has 6 heteroatoms. The van der Waals surface area contributed by atoms with Crippen LogP contribution in [-0.2, 0) is 9.31 Å². The van der Waals surface area contributed by atoms with Crippen molar-refractivity contribution in [3.05, 3.63) is 0 Å². The maximum atomic E-state index is 10.0. The molecule has 1 atom stereocenters. The van der Waals surface area contributed by atoms with Gasteiger partial charge in [0.25, 0.3) is 0 Å². The van der Waals surface area contributed by atoms with E-state index in [9.17, 15) is 6.21 Å². The number of hydrogen-bond acceptors (Lipinski definition) is 3. The Labute approximate surface area is 78.3 Å². The van der Waals surface area contributed by atoms with Crippen molar-refractivity contribution in [3.8, 4) is 0 Å². The smallest absolute Gasteiger partial charge is 1.00 e. The summed E-state index contributed by atoms with van der Waals surface area (Å²) in [6.45, 7) is 3.37. The van der Waals surface area contributed by atoms with E-state index in [0.29, 0.717) is 6.42 Å². The zero-order valence-electron chi connectivity index (χ0n) is 7.36. The van der Waals surface area contributed by atoms with E-state index in [1.165, 1.54) is 0 Å². The van der Waals surface area contributed by atoms with Crippen molar-refractivity contribution in [2.75, 3.05) is 0 Å². The van der Waals surface area contributed by atoms with Crippen LogP contribution in [0.2, 0.25) is 0 Å². The number of rotatable bonds is 3. The van der Waals surface area contributed by atoms with Crippen molar-refractivity contribution in [1.29, 1.82) is 0 Å². The van der Waals surface area contributed by atoms with Crippen LogP contribution in [0.15, 0.2) is 0 Å². The van der Waals surface area contributed by atoms with Crippen LogP contribution in [0.5, 0.6) is 0 Å². The van der Waals surface area contributed by atoms with E-state index < -0.39 is 25.1 Å². The van der Waals surface area contributed by atoms with E-state index in [1.807, 2.05) is 0 Å². The third-order valence-electron chi connectivity index (χ3n) is 0.861. The minimum absolute atomic E-state index is 0. The average molecular weight is 258 g/mol. The summed E-state index contributed by atoms with van der Waals surface area (Å²) in [6, 6.07) is 0. The van der Waals surface area contributed by atoms with Gasteiger partial charge >= 0.3 is 77.0 Å². The fraction of sp³-hybridized carbons (Fsp3) is 1.00. The molecule has 1 N–H and O–H groups in total. The van der Waals surface area contributed by atoms with Crippen molar-refractivity contribution in [3.63, 3.8) is 0 Å². The molecule has 0 spiro atoms. The Morgan fingerprint density at radius 3 is 2.20 bits per heavy atom. The summed E-state index contributed by atoms with van der Waals surface area (Å²) in [5.41, 5.74) is 0. The molecule has 1 unspecified atom stereocenters. The molecule has 0 aliphatic carbocycles. The molecule has 0 rings (SSSR count). The molecule has 0 heterocycles. The molecule has 0 saturated carbocycles. The summed E-state index contributed by atoms with van der Waals surface area (Å²) in [5.74, 6) is 0. The largest absolute Gasteiger partial charge is 1.00 e. The van der Waals surface area contributed by atoms with Gasteiger partial charge in [-0.25, -0.2) is 0 Å². The molecule has 0 aliphatic rings. The van der Waals surface area contributed by atoms with Gasteiger partial charge in [-0.05, 0) is 0 Å². The molecule has 10 heavy (non-hydrogen) atoms. The van der Waals surface area contributed by atoms with Gasteiger partial charge in [0.05, 0.1) is 0 Å². The molecule has 0 aromatic carbocycles. The van der Waals surface area contributed by atoms with E-state index in [4.69, 9.17) is 3.47 Å². The predicted molar refractivity (Wildman–Crippen MR) is 31.3 cm³/mol. The molecular weight excluding hydrogens is 247 g/mol. The van der Waals surface area contributed by atoms with E-state index in [-0.39, 0.29) is 20.3 Å². The Morgan fingerprint density at radius 1 is 1.70 bits per heavy atom. The van der Waals surface area contributed by atoms with Gasteiger partial charge in [-0.1, -0.05) is 0 Å². The molecule has 0 radical (unpaired) electrons. The Kier molecular flexibility index (Phi) is 7.48. The van der Waals surface area contributed by atoms with Gasteiger partial charge in [0, 0.05) is 0 Å². The van der Waals surface area contributed by atoms with Crippen LogP contribution in [-0.4, -0.2) is 28.5 Å². The zero-order chi connectivity index (χ0) is 7.49. The first-order chi connectivity index (χ1) is 3.95. The summed E-state index contributed by atoms with van der Waals surface area (Å²) in [7, 11) is 0. The summed E-state index contributed by atoms with van der Waals surface area (Å²) in [5, 5.41) is 0. The second-order valence-electron chi connectivity index (χ2n) is 1.74. The summed E-state index contributed by atoms with van der Waals surface area (Å²) >= 11 is -5.21. The normalized spacial score (nSPS) is 13.9. The van der Waals surface area contributed by atoms with Crippen molar-refractivity contribution >= 4 is 19.0 Å². The van der Waals surface area contributed by atoms with E-state index in [0.717, 1.165) is 0 Å². The van der Waals surface area contributed by atoms with Crippen LogP contribution >= 0.6 is 0 Å². The Hall–Kier alpha value is 0.907. The van der Waals surface area contributed by atoms with E-state index >= 15 is 0 Å². The topological polar surface area (TPSA) is 63.6 Å². The predicted octanol–water partition coefficient (Wildman–Crippen LogP) is -2.79. The van der Waals surface area contributed by atoms with Gasteiger partial charge in [0.15, 0.2) is 0 Å². The van der Waals surface area contributed by atoms with Crippen molar-refractivity contribution < 1.29 is 33.1 Å². The minimum atomic E-state index is -5.21. The van der Waals surface area contributed by atoms with Crippen molar-refractivity contribution in [1.82, 2.24) is 0 Å². The fourth-order valence-corrected chi connectivity index (χ4v) is 1.85. The molecule has 0 saturated heterocycles. The van der Waals surface area contributed by atoms with E-state index in [1.54, 1.807) is 13.8 Å². The fourth-order valence-electron chi connectivity index (χ4n) is 0.276. The summed E-state index contributed by atoms with van der Waals surface area (Å²) in [6.07, 6.45) is 0.185. The molecular formula is C4H11LiO4Te. The van der Waals surface area contributed by atoms with Gasteiger partial charge in [0.2, 0.25) is 0 Å². The Morgan fingerprint density at radius 2 is 2.10 bits per heavy atom. The van der Waals surface area contributed by atoms with Crippen LogP contribution < -0.4 is 18.9 Å². The first kappa shape index (κ1) is 13.5. The molecule has 0 aliphatic heterocycles. The molecule has 0 fully saturated rings. The molecule has 4 nitrogen and oxygen atoms in total. The Balaban J connectivity index is -0.000000320. The third kappa shape index (κ3) is 8.91. The Bertz CT molecular complexity index is 169. The molecule has 0 aromatic heterocycles. The summed E-state index contributed by atoms with van der Waals surface area (Å²) < 4.78 is 32.5. The van der Waals surface area contributed by atoms with Crippen molar-refractivity contribution in [2.24, 2.45) is 0 Å². The zero-order valence-corrected chi connectivity index (χ0v) is 8.70. The second-order valence-corrected chi connectivity index (χ2v) is 4.73. The van der Waals surface area contributed by atoms with Crippen LogP contribution in [0, 0.1) is 0 Å².